The summed E-state index contributed by atoms with van der Waals surface area (Å²) in [6.45, 7) is 12.7. The summed E-state index contributed by atoms with van der Waals surface area (Å²) in [5, 5.41) is 0.654. The Morgan fingerprint density at radius 2 is 1.05 bits per heavy atom. The van der Waals surface area contributed by atoms with Crippen molar-refractivity contribution in [3.8, 4) is 0 Å². The maximum absolute atomic E-state index is 13.6. The van der Waals surface area contributed by atoms with E-state index in [2.05, 4.69) is 9.80 Å². The topological polar surface area (TPSA) is 89.3 Å². The van der Waals surface area contributed by atoms with Gasteiger partial charge in [-0.05, 0) is 64.1 Å². The average molecular weight is 507 g/mol. The molecule has 0 spiro atoms. The van der Waals surface area contributed by atoms with E-state index in [0.29, 0.717) is 85.7 Å². The quantitative estimate of drug-likeness (QED) is 0.371. The van der Waals surface area contributed by atoms with Gasteiger partial charge in [-0.1, -0.05) is 0 Å². The van der Waals surface area contributed by atoms with Crippen LogP contribution in [-0.4, -0.2) is 85.1 Å². The van der Waals surface area contributed by atoms with Crippen molar-refractivity contribution in [2.45, 2.75) is 38.8 Å². The number of benzene rings is 2. The van der Waals surface area contributed by atoms with Crippen molar-refractivity contribution >= 4 is 33.5 Å². The lowest BCUT2D eigenvalue weighted by atomic mass is 9.89. The largest absolute Gasteiger partial charge is 0.456 e. The summed E-state index contributed by atoms with van der Waals surface area (Å²) < 4.78 is 16.9. The van der Waals surface area contributed by atoms with Crippen molar-refractivity contribution in [3.63, 3.8) is 0 Å². The Hall–Kier alpha value is -2.91. The van der Waals surface area contributed by atoms with Gasteiger partial charge in [0.2, 0.25) is 5.43 Å². The summed E-state index contributed by atoms with van der Waals surface area (Å²) >= 11 is 0. The molecule has 0 atom stereocenters. The second-order valence-corrected chi connectivity index (χ2v) is 10.8. The van der Waals surface area contributed by atoms with Crippen molar-refractivity contribution in [2.24, 2.45) is 0 Å². The van der Waals surface area contributed by atoms with Crippen molar-refractivity contribution in [3.05, 3.63) is 57.7 Å². The first-order chi connectivity index (χ1) is 17.6. The Kier molecular flexibility index (Phi) is 6.79. The van der Waals surface area contributed by atoms with Gasteiger partial charge in [0.15, 0.2) is 11.6 Å². The second-order valence-electron chi connectivity index (χ2n) is 10.8. The molecule has 0 N–H and O–H groups in total. The Morgan fingerprint density at radius 1 is 0.676 bits per heavy atom. The van der Waals surface area contributed by atoms with Crippen LogP contribution < -0.4 is 5.43 Å². The molecule has 0 aliphatic carbocycles. The number of ether oxygens (including phenoxy) is 2. The zero-order valence-corrected chi connectivity index (χ0v) is 22.0. The van der Waals surface area contributed by atoms with E-state index < -0.39 is 11.1 Å². The summed E-state index contributed by atoms with van der Waals surface area (Å²) in [6, 6.07) is 10.0. The fourth-order valence-electron chi connectivity index (χ4n) is 5.38. The molecule has 2 aliphatic rings. The van der Waals surface area contributed by atoms with Crippen LogP contribution in [0.4, 0.5) is 0 Å². The van der Waals surface area contributed by atoms with Crippen LogP contribution >= 0.6 is 0 Å². The molecule has 2 fully saturated rings. The Labute approximate surface area is 216 Å². The molecule has 3 heterocycles. The Balaban J connectivity index is 1.52. The van der Waals surface area contributed by atoms with Crippen LogP contribution in [0.5, 0.6) is 0 Å². The minimum atomic E-state index is -0.737. The standard InChI is InChI=1S/C29H34N2O6/c1-28(2,30-9-13-35-14-10-30)26(33)19-5-7-23-21(17-19)25(32)22-18-20(6-8-24(22)37-23)27(34)29(3,4)31-11-15-36-16-12-31/h5-8,17-18H,9-16H2,1-4H3. The molecule has 2 aliphatic heterocycles. The molecule has 2 aromatic carbocycles. The predicted octanol–water partition coefficient (Wildman–Crippen LogP) is 3.53. The first-order valence-corrected chi connectivity index (χ1v) is 12.9. The molecule has 37 heavy (non-hydrogen) atoms. The van der Waals surface area contributed by atoms with Gasteiger partial charge in [0.05, 0.1) is 48.3 Å². The summed E-state index contributed by atoms with van der Waals surface area (Å²) in [7, 11) is 0. The van der Waals surface area contributed by atoms with Gasteiger partial charge in [0.1, 0.15) is 11.2 Å². The van der Waals surface area contributed by atoms with Crippen LogP contribution in [0.3, 0.4) is 0 Å². The molecule has 3 aromatic rings. The first kappa shape index (κ1) is 25.7. The smallest absolute Gasteiger partial charge is 0.200 e. The van der Waals surface area contributed by atoms with Crippen LogP contribution in [0.1, 0.15) is 48.4 Å². The molecule has 0 radical (unpaired) electrons. The van der Waals surface area contributed by atoms with Gasteiger partial charge in [0.25, 0.3) is 0 Å². The monoisotopic (exact) mass is 506 g/mol. The lowest BCUT2D eigenvalue weighted by molar-refractivity contribution is -0.00442. The molecule has 5 rings (SSSR count). The maximum Gasteiger partial charge on any atom is 0.200 e. The van der Waals surface area contributed by atoms with E-state index in [0.717, 1.165) is 0 Å². The van der Waals surface area contributed by atoms with Gasteiger partial charge in [-0.2, -0.15) is 0 Å². The number of ketones is 2. The van der Waals surface area contributed by atoms with Crippen LogP contribution in [0.2, 0.25) is 0 Å². The minimum absolute atomic E-state index is 0.0630. The Morgan fingerprint density at radius 3 is 1.43 bits per heavy atom. The molecule has 0 bridgehead atoms. The zero-order valence-electron chi connectivity index (χ0n) is 22.0. The molecule has 8 nitrogen and oxygen atoms in total. The van der Waals surface area contributed by atoms with Crippen LogP contribution in [0.25, 0.3) is 21.9 Å². The molecule has 8 heteroatoms. The molecular weight excluding hydrogens is 472 g/mol. The van der Waals surface area contributed by atoms with Gasteiger partial charge >= 0.3 is 0 Å². The van der Waals surface area contributed by atoms with E-state index in [1.807, 2.05) is 27.7 Å². The zero-order chi connectivity index (χ0) is 26.4. The predicted molar refractivity (Wildman–Crippen MR) is 142 cm³/mol. The molecule has 2 saturated heterocycles. The van der Waals surface area contributed by atoms with E-state index in [1.54, 1.807) is 36.4 Å². The van der Waals surface area contributed by atoms with Gasteiger partial charge in [0, 0.05) is 37.3 Å². The van der Waals surface area contributed by atoms with E-state index in [9.17, 15) is 14.4 Å². The number of fused-ring (bicyclic) bond motifs is 2. The van der Waals surface area contributed by atoms with Gasteiger partial charge in [-0.15, -0.1) is 0 Å². The third-order valence-electron chi connectivity index (χ3n) is 7.91. The van der Waals surface area contributed by atoms with Crippen molar-refractivity contribution in [1.82, 2.24) is 9.80 Å². The summed E-state index contributed by atoms with van der Waals surface area (Å²) in [6.07, 6.45) is 0. The van der Waals surface area contributed by atoms with Crippen LogP contribution in [-0.2, 0) is 9.47 Å². The van der Waals surface area contributed by atoms with Crippen LogP contribution in [0.15, 0.2) is 45.6 Å². The number of nitrogens with zero attached hydrogens (tertiary/aromatic N) is 2. The third-order valence-corrected chi connectivity index (χ3v) is 7.91. The molecule has 0 saturated carbocycles. The summed E-state index contributed by atoms with van der Waals surface area (Å²) in [5.41, 5.74) is -0.00310. The molecular formula is C29H34N2O6. The number of morpholine rings is 2. The number of rotatable bonds is 6. The summed E-state index contributed by atoms with van der Waals surface area (Å²) in [4.78, 5) is 44.9. The first-order valence-electron chi connectivity index (χ1n) is 12.9. The van der Waals surface area contributed by atoms with Crippen LogP contribution in [0, 0.1) is 0 Å². The van der Waals surface area contributed by atoms with Gasteiger partial charge < -0.3 is 13.9 Å². The third kappa shape index (κ3) is 4.63. The average Bonchev–Trinajstić information content (AvgIpc) is 2.93. The molecule has 1 aromatic heterocycles. The van der Waals surface area contributed by atoms with Gasteiger partial charge in [-0.3, -0.25) is 24.2 Å². The highest BCUT2D eigenvalue weighted by molar-refractivity contribution is 6.07. The maximum atomic E-state index is 13.6. The lowest BCUT2D eigenvalue weighted by Crippen LogP contribution is -2.54. The van der Waals surface area contributed by atoms with E-state index in [1.165, 1.54) is 0 Å². The van der Waals surface area contributed by atoms with E-state index >= 15 is 0 Å². The number of carbonyl (C=O) groups excluding carboxylic acids is 2. The van der Waals surface area contributed by atoms with E-state index in [-0.39, 0.29) is 17.0 Å². The molecule has 0 unspecified atom stereocenters. The second kappa shape index (κ2) is 9.76. The molecule has 0 amide bonds. The number of hydrogen-bond donors (Lipinski definition) is 0. The Bertz CT molecular complexity index is 1310. The highest BCUT2D eigenvalue weighted by atomic mass is 16.5. The molecule has 196 valence electrons. The number of carbonyl (C=O) groups is 2. The number of hydrogen-bond acceptors (Lipinski definition) is 8. The van der Waals surface area contributed by atoms with Crippen molar-refractivity contribution < 1.29 is 23.5 Å². The summed E-state index contributed by atoms with van der Waals surface area (Å²) in [5.74, 6) is -0.126. The highest BCUT2D eigenvalue weighted by Crippen LogP contribution is 2.27. The highest BCUT2D eigenvalue weighted by Gasteiger charge is 2.37. The SMILES string of the molecule is CC(C)(C(=O)c1ccc2oc3ccc(C(=O)C(C)(C)N4CCOCC4)cc3c(=O)c2c1)N1CCOCC1. The van der Waals surface area contributed by atoms with Gasteiger partial charge in [-0.25, -0.2) is 0 Å². The normalized spacial score (nSPS) is 18.4. The lowest BCUT2D eigenvalue weighted by Gasteiger charge is -2.39. The van der Waals surface area contributed by atoms with Crippen molar-refractivity contribution in [2.75, 3.05) is 52.6 Å². The van der Waals surface area contributed by atoms with E-state index in [4.69, 9.17) is 13.9 Å². The van der Waals surface area contributed by atoms with Crippen molar-refractivity contribution in [1.29, 1.82) is 0 Å². The fraction of sp³-hybridized carbons (Fsp3) is 0.483. The number of Topliss-reactive ketones (excluding diaryl/α,β-unsaturated/α-hetero) is 2. The fourth-order valence-corrected chi connectivity index (χ4v) is 5.38. The minimum Gasteiger partial charge on any atom is -0.456 e.